The molecule has 4 aromatic rings. The fourth-order valence-corrected chi connectivity index (χ4v) is 3.98. The maximum Gasteiger partial charge on any atom is 0.262 e. The summed E-state index contributed by atoms with van der Waals surface area (Å²) in [6, 6.07) is 13.5. The molecule has 0 radical (unpaired) electrons. The number of anilines is 1. The lowest BCUT2D eigenvalue weighted by Gasteiger charge is -2.13. The molecular formula is C26H25ClN2O3. The molecule has 0 atom stereocenters. The van der Waals surface area contributed by atoms with E-state index in [0.29, 0.717) is 22.4 Å². The predicted molar refractivity (Wildman–Crippen MR) is 129 cm³/mol. The molecule has 0 aliphatic carbocycles. The van der Waals surface area contributed by atoms with Crippen molar-refractivity contribution < 1.29 is 13.9 Å². The van der Waals surface area contributed by atoms with Crippen LogP contribution in [0.25, 0.3) is 22.6 Å². The second-order valence-electron chi connectivity index (χ2n) is 8.18. The first-order valence-corrected chi connectivity index (χ1v) is 10.8. The summed E-state index contributed by atoms with van der Waals surface area (Å²) < 4.78 is 11.7. The van der Waals surface area contributed by atoms with Crippen molar-refractivity contribution in [2.24, 2.45) is 0 Å². The Bertz CT molecular complexity index is 1280. The van der Waals surface area contributed by atoms with Crippen molar-refractivity contribution in [3.63, 3.8) is 0 Å². The summed E-state index contributed by atoms with van der Waals surface area (Å²) in [6.45, 7) is 9.75. The Morgan fingerprint density at radius 2 is 1.72 bits per heavy atom. The molecule has 0 aliphatic heterocycles. The van der Waals surface area contributed by atoms with Crippen LogP contribution in [0.3, 0.4) is 0 Å². The fourth-order valence-electron chi connectivity index (χ4n) is 3.60. The van der Waals surface area contributed by atoms with Gasteiger partial charge in [-0.25, -0.2) is 4.98 Å². The number of carbonyl (C=O) groups is 1. The molecule has 0 aliphatic rings. The van der Waals surface area contributed by atoms with Gasteiger partial charge < -0.3 is 14.5 Å². The van der Waals surface area contributed by atoms with Crippen molar-refractivity contribution >= 4 is 34.3 Å². The number of aromatic nitrogens is 1. The van der Waals surface area contributed by atoms with E-state index >= 15 is 0 Å². The smallest absolute Gasteiger partial charge is 0.262 e. The zero-order chi connectivity index (χ0) is 23.0. The fraction of sp³-hybridized carbons (Fsp3) is 0.231. The monoisotopic (exact) mass is 448 g/mol. The van der Waals surface area contributed by atoms with Crippen LogP contribution in [0.4, 0.5) is 5.69 Å². The lowest BCUT2D eigenvalue weighted by Crippen LogP contribution is -2.21. The maximum absolute atomic E-state index is 12.6. The molecule has 1 amide bonds. The number of carbonyl (C=O) groups excluding carboxylic acids is 1. The molecule has 0 saturated heterocycles. The highest BCUT2D eigenvalue weighted by molar-refractivity contribution is 6.32. The largest absolute Gasteiger partial charge is 0.482 e. The molecule has 0 bridgehead atoms. The highest BCUT2D eigenvalue weighted by Crippen LogP contribution is 2.31. The van der Waals surface area contributed by atoms with E-state index in [9.17, 15) is 4.79 Å². The van der Waals surface area contributed by atoms with Gasteiger partial charge in [-0.05, 0) is 92.8 Å². The third-order valence-electron chi connectivity index (χ3n) is 5.48. The van der Waals surface area contributed by atoms with Crippen LogP contribution in [0.2, 0.25) is 5.02 Å². The van der Waals surface area contributed by atoms with Crippen LogP contribution >= 0.6 is 11.6 Å². The third-order valence-corrected chi connectivity index (χ3v) is 5.76. The topological polar surface area (TPSA) is 64.4 Å². The molecule has 1 heterocycles. The van der Waals surface area contributed by atoms with Gasteiger partial charge in [0.15, 0.2) is 12.2 Å². The molecule has 164 valence electrons. The van der Waals surface area contributed by atoms with Crippen LogP contribution in [0.15, 0.2) is 46.9 Å². The van der Waals surface area contributed by atoms with Crippen molar-refractivity contribution in [3.05, 3.63) is 75.3 Å². The van der Waals surface area contributed by atoms with E-state index < -0.39 is 0 Å². The van der Waals surface area contributed by atoms with E-state index in [1.807, 2.05) is 70.2 Å². The predicted octanol–water partition coefficient (Wildman–Crippen LogP) is 6.71. The Kier molecular flexibility index (Phi) is 5.94. The van der Waals surface area contributed by atoms with Crippen LogP contribution in [-0.2, 0) is 4.79 Å². The number of amides is 1. The number of benzene rings is 3. The molecule has 6 heteroatoms. The zero-order valence-electron chi connectivity index (χ0n) is 18.8. The number of halogens is 1. The Morgan fingerprint density at radius 3 is 2.47 bits per heavy atom. The van der Waals surface area contributed by atoms with Crippen LogP contribution in [0.5, 0.6) is 5.75 Å². The van der Waals surface area contributed by atoms with Crippen molar-refractivity contribution in [3.8, 4) is 17.2 Å². The van der Waals surface area contributed by atoms with Gasteiger partial charge in [-0.3, -0.25) is 4.79 Å². The van der Waals surface area contributed by atoms with Crippen molar-refractivity contribution in [1.29, 1.82) is 0 Å². The first-order chi connectivity index (χ1) is 15.2. The molecule has 0 saturated carbocycles. The highest BCUT2D eigenvalue weighted by atomic mass is 35.5. The molecular weight excluding hydrogens is 424 g/mol. The van der Waals surface area contributed by atoms with Gasteiger partial charge in [0.05, 0.1) is 5.02 Å². The minimum atomic E-state index is -0.273. The highest BCUT2D eigenvalue weighted by Gasteiger charge is 2.14. The molecule has 4 rings (SSSR count). The number of oxazole rings is 1. The van der Waals surface area contributed by atoms with Crippen LogP contribution in [0.1, 0.15) is 27.8 Å². The van der Waals surface area contributed by atoms with E-state index in [-0.39, 0.29) is 12.5 Å². The van der Waals surface area contributed by atoms with Crippen molar-refractivity contribution in [1.82, 2.24) is 4.98 Å². The first kappa shape index (κ1) is 21.9. The Hall–Kier alpha value is -3.31. The summed E-state index contributed by atoms with van der Waals surface area (Å²) >= 11 is 6.27. The Morgan fingerprint density at radius 1 is 0.969 bits per heavy atom. The van der Waals surface area contributed by atoms with E-state index in [0.717, 1.165) is 44.5 Å². The summed E-state index contributed by atoms with van der Waals surface area (Å²) in [7, 11) is 0. The van der Waals surface area contributed by atoms with Gasteiger partial charge in [-0.2, -0.15) is 0 Å². The van der Waals surface area contributed by atoms with Gasteiger partial charge >= 0.3 is 0 Å². The van der Waals surface area contributed by atoms with Gasteiger partial charge in [0.1, 0.15) is 11.3 Å². The molecule has 1 N–H and O–H groups in total. The SMILES string of the molecule is Cc1cc(C)c(OCC(=O)Nc2cc(-c3nc4cc(C)c(C)cc4o3)ccc2C)c(Cl)c1. The van der Waals surface area contributed by atoms with Gasteiger partial charge in [0.2, 0.25) is 5.89 Å². The van der Waals surface area contributed by atoms with E-state index in [2.05, 4.69) is 17.2 Å². The van der Waals surface area contributed by atoms with Crippen LogP contribution in [0, 0.1) is 34.6 Å². The van der Waals surface area contributed by atoms with E-state index in [1.165, 1.54) is 0 Å². The number of hydrogen-bond donors (Lipinski definition) is 1. The Labute approximate surface area is 192 Å². The summed E-state index contributed by atoms with van der Waals surface area (Å²) in [5.41, 5.74) is 8.20. The number of aryl methyl sites for hydroxylation is 5. The molecule has 0 fully saturated rings. The Balaban J connectivity index is 1.52. The molecule has 5 nitrogen and oxygen atoms in total. The second-order valence-corrected chi connectivity index (χ2v) is 8.59. The van der Waals surface area contributed by atoms with Crippen molar-refractivity contribution in [2.45, 2.75) is 34.6 Å². The lowest BCUT2D eigenvalue weighted by atomic mass is 10.1. The second kappa shape index (κ2) is 8.67. The van der Waals surface area contributed by atoms with Crippen molar-refractivity contribution in [2.75, 3.05) is 11.9 Å². The average Bonchev–Trinajstić information content (AvgIpc) is 3.11. The van der Waals surface area contributed by atoms with E-state index in [4.69, 9.17) is 20.8 Å². The lowest BCUT2D eigenvalue weighted by molar-refractivity contribution is -0.118. The van der Waals surface area contributed by atoms with Gasteiger partial charge in [0.25, 0.3) is 5.91 Å². The summed E-state index contributed by atoms with van der Waals surface area (Å²) in [4.78, 5) is 17.2. The summed E-state index contributed by atoms with van der Waals surface area (Å²) in [5.74, 6) is 0.763. The summed E-state index contributed by atoms with van der Waals surface area (Å²) in [6.07, 6.45) is 0. The molecule has 3 aromatic carbocycles. The van der Waals surface area contributed by atoms with Gasteiger partial charge in [0, 0.05) is 11.3 Å². The minimum Gasteiger partial charge on any atom is -0.482 e. The standard InChI is InChI=1S/C26H25ClN2O3/c1-14-8-18(5)25(20(27)9-14)31-13-24(30)28-21-12-19(7-6-15(21)2)26-29-22-10-16(3)17(4)11-23(22)32-26/h6-12H,13H2,1-5H3,(H,28,30). The zero-order valence-corrected chi connectivity index (χ0v) is 19.6. The van der Waals surface area contributed by atoms with Crippen LogP contribution in [-0.4, -0.2) is 17.5 Å². The molecule has 0 spiro atoms. The molecule has 32 heavy (non-hydrogen) atoms. The van der Waals surface area contributed by atoms with E-state index in [1.54, 1.807) is 0 Å². The van der Waals surface area contributed by atoms with Gasteiger partial charge in [-0.1, -0.05) is 23.7 Å². The first-order valence-electron chi connectivity index (χ1n) is 10.4. The number of ether oxygens (including phenoxy) is 1. The number of nitrogens with zero attached hydrogens (tertiary/aromatic N) is 1. The molecule has 1 aromatic heterocycles. The number of hydrogen-bond acceptors (Lipinski definition) is 4. The number of rotatable bonds is 5. The average molecular weight is 449 g/mol. The molecule has 0 unspecified atom stereocenters. The van der Waals surface area contributed by atoms with Crippen LogP contribution < -0.4 is 10.1 Å². The third kappa shape index (κ3) is 4.48. The minimum absolute atomic E-state index is 0.144. The summed E-state index contributed by atoms with van der Waals surface area (Å²) in [5, 5.41) is 3.41. The quantitative estimate of drug-likeness (QED) is 0.368. The number of nitrogens with one attached hydrogen (secondary N) is 1. The number of fused-ring (bicyclic) bond motifs is 1. The maximum atomic E-state index is 12.6. The van der Waals surface area contributed by atoms with Gasteiger partial charge in [-0.15, -0.1) is 0 Å². The normalized spacial score (nSPS) is 11.1.